The van der Waals surface area contributed by atoms with Crippen molar-refractivity contribution in [3.63, 3.8) is 0 Å². The highest BCUT2D eigenvalue weighted by Crippen LogP contribution is 2.21. The monoisotopic (exact) mass is 279 g/mol. The highest BCUT2D eigenvalue weighted by molar-refractivity contribution is 9.10. The first-order chi connectivity index (χ1) is 6.27. The summed E-state index contributed by atoms with van der Waals surface area (Å²) in [5, 5.41) is 0. The van der Waals surface area contributed by atoms with Gasteiger partial charge in [-0.25, -0.2) is 0 Å². The van der Waals surface area contributed by atoms with Gasteiger partial charge in [-0.15, -0.1) is 12.4 Å². The molecule has 0 radical (unpaired) electrons. The topological polar surface area (TPSA) is 52.3 Å². The third kappa shape index (κ3) is 3.65. The molecule has 5 heteroatoms. The second-order valence-electron chi connectivity index (χ2n) is 2.44. The molecule has 0 spiro atoms. The summed E-state index contributed by atoms with van der Waals surface area (Å²) in [6, 6.07) is 5.27. The lowest BCUT2D eigenvalue weighted by molar-refractivity contribution is 0.111. The van der Waals surface area contributed by atoms with Gasteiger partial charge in [0.05, 0.1) is 5.56 Å². The first-order valence-corrected chi connectivity index (χ1v) is 4.65. The maximum Gasteiger partial charge on any atom is 0.153 e. The molecule has 2 N–H and O–H groups in total. The SMILES string of the molecule is Cl.NCCOc1ccc(Br)cc1C=O. The van der Waals surface area contributed by atoms with Crippen molar-refractivity contribution < 1.29 is 9.53 Å². The van der Waals surface area contributed by atoms with Gasteiger partial charge < -0.3 is 10.5 Å². The third-order valence-corrected chi connectivity index (χ3v) is 1.97. The zero-order valence-electron chi connectivity index (χ0n) is 7.40. The van der Waals surface area contributed by atoms with Crippen molar-refractivity contribution in [1.82, 2.24) is 0 Å². The number of benzene rings is 1. The Morgan fingerprint density at radius 1 is 1.50 bits per heavy atom. The largest absolute Gasteiger partial charge is 0.492 e. The Labute approximate surface area is 97.2 Å². The predicted molar refractivity (Wildman–Crippen MR) is 61.3 cm³/mol. The molecule has 0 aliphatic heterocycles. The molecule has 0 heterocycles. The van der Waals surface area contributed by atoms with Gasteiger partial charge in [-0.05, 0) is 18.2 Å². The van der Waals surface area contributed by atoms with Gasteiger partial charge >= 0.3 is 0 Å². The number of carbonyl (C=O) groups excluding carboxylic acids is 1. The number of rotatable bonds is 4. The van der Waals surface area contributed by atoms with Crippen molar-refractivity contribution in [2.24, 2.45) is 5.73 Å². The van der Waals surface area contributed by atoms with Gasteiger partial charge in [0.25, 0.3) is 0 Å². The standard InChI is InChI=1S/C9H10BrNO2.ClH/c10-8-1-2-9(13-4-3-11)7(5-8)6-12;/h1-2,5-6H,3-4,11H2;1H. The lowest BCUT2D eigenvalue weighted by Crippen LogP contribution is -2.11. The van der Waals surface area contributed by atoms with Crippen LogP contribution in [0.2, 0.25) is 0 Å². The summed E-state index contributed by atoms with van der Waals surface area (Å²) in [6.45, 7) is 0.858. The number of hydrogen-bond donors (Lipinski definition) is 1. The van der Waals surface area contributed by atoms with Crippen LogP contribution in [0.4, 0.5) is 0 Å². The van der Waals surface area contributed by atoms with Gasteiger partial charge in [-0.3, -0.25) is 4.79 Å². The van der Waals surface area contributed by atoms with E-state index in [1.165, 1.54) is 0 Å². The Hall–Kier alpha value is -0.580. The number of carbonyl (C=O) groups is 1. The Balaban J connectivity index is 0.00000169. The number of hydrogen-bond acceptors (Lipinski definition) is 3. The minimum Gasteiger partial charge on any atom is -0.492 e. The van der Waals surface area contributed by atoms with E-state index in [4.69, 9.17) is 10.5 Å². The zero-order valence-corrected chi connectivity index (χ0v) is 9.81. The van der Waals surface area contributed by atoms with E-state index in [9.17, 15) is 4.79 Å². The average Bonchev–Trinajstić information content (AvgIpc) is 2.16. The van der Waals surface area contributed by atoms with Crippen LogP contribution in [0, 0.1) is 0 Å². The molecule has 0 fully saturated rings. The molecule has 0 atom stereocenters. The Kier molecular flexibility index (Phi) is 6.53. The van der Waals surface area contributed by atoms with Crippen molar-refractivity contribution >= 4 is 34.6 Å². The second kappa shape index (κ2) is 6.81. The van der Waals surface area contributed by atoms with Crippen molar-refractivity contribution in [2.75, 3.05) is 13.2 Å². The maximum atomic E-state index is 10.6. The van der Waals surface area contributed by atoms with E-state index in [0.29, 0.717) is 24.5 Å². The molecular formula is C9H11BrClNO2. The summed E-state index contributed by atoms with van der Waals surface area (Å²) >= 11 is 3.27. The van der Waals surface area contributed by atoms with E-state index in [-0.39, 0.29) is 12.4 Å². The highest BCUT2D eigenvalue weighted by atomic mass is 79.9. The lowest BCUT2D eigenvalue weighted by atomic mass is 10.2. The van der Waals surface area contributed by atoms with Gasteiger partial charge in [0, 0.05) is 11.0 Å². The molecule has 0 aliphatic carbocycles. The fraction of sp³-hybridized carbons (Fsp3) is 0.222. The minimum atomic E-state index is 0. The van der Waals surface area contributed by atoms with Gasteiger partial charge in [0.2, 0.25) is 0 Å². The fourth-order valence-corrected chi connectivity index (χ4v) is 1.29. The van der Waals surface area contributed by atoms with Gasteiger partial charge in [-0.2, -0.15) is 0 Å². The smallest absolute Gasteiger partial charge is 0.153 e. The van der Waals surface area contributed by atoms with Gasteiger partial charge in [-0.1, -0.05) is 15.9 Å². The van der Waals surface area contributed by atoms with Crippen molar-refractivity contribution in [1.29, 1.82) is 0 Å². The molecule has 0 unspecified atom stereocenters. The van der Waals surface area contributed by atoms with Crippen LogP contribution < -0.4 is 10.5 Å². The molecule has 1 aromatic rings. The maximum absolute atomic E-state index is 10.6. The third-order valence-electron chi connectivity index (χ3n) is 1.47. The van der Waals surface area contributed by atoms with Crippen molar-refractivity contribution in [2.45, 2.75) is 0 Å². The van der Waals surface area contributed by atoms with Crippen molar-refractivity contribution in [3.05, 3.63) is 28.2 Å². The quantitative estimate of drug-likeness (QED) is 0.859. The Bertz CT molecular complexity index is 307. The Morgan fingerprint density at radius 2 is 2.21 bits per heavy atom. The summed E-state index contributed by atoms with van der Waals surface area (Å²) in [7, 11) is 0. The molecule has 1 rings (SSSR count). The summed E-state index contributed by atoms with van der Waals surface area (Å²) in [4.78, 5) is 10.6. The van der Waals surface area contributed by atoms with E-state index < -0.39 is 0 Å². The minimum absolute atomic E-state index is 0. The second-order valence-corrected chi connectivity index (χ2v) is 3.35. The zero-order chi connectivity index (χ0) is 9.68. The molecule has 0 amide bonds. The average molecular weight is 281 g/mol. The van der Waals surface area contributed by atoms with Crippen LogP contribution in [0.25, 0.3) is 0 Å². The van der Waals surface area contributed by atoms with Crippen molar-refractivity contribution in [3.8, 4) is 5.75 Å². The first-order valence-electron chi connectivity index (χ1n) is 3.85. The summed E-state index contributed by atoms with van der Waals surface area (Å²) in [5.74, 6) is 0.573. The summed E-state index contributed by atoms with van der Waals surface area (Å²) in [5.41, 5.74) is 5.81. The van der Waals surface area contributed by atoms with Crippen LogP contribution >= 0.6 is 28.3 Å². The molecule has 0 aliphatic rings. The van der Waals surface area contributed by atoms with Crippen LogP contribution in [0.3, 0.4) is 0 Å². The molecule has 1 aromatic carbocycles. The van der Waals surface area contributed by atoms with Crippen LogP contribution in [0.15, 0.2) is 22.7 Å². The molecule has 0 aromatic heterocycles. The number of halogens is 2. The predicted octanol–water partition coefficient (Wildman–Crippen LogP) is 2.02. The van der Waals surface area contributed by atoms with E-state index in [1.54, 1.807) is 12.1 Å². The Morgan fingerprint density at radius 3 is 2.79 bits per heavy atom. The lowest BCUT2D eigenvalue weighted by Gasteiger charge is -2.06. The summed E-state index contributed by atoms with van der Waals surface area (Å²) in [6.07, 6.45) is 0.761. The molecule has 3 nitrogen and oxygen atoms in total. The number of ether oxygens (including phenoxy) is 1. The summed E-state index contributed by atoms with van der Waals surface area (Å²) < 4.78 is 6.11. The van der Waals surface area contributed by atoms with Gasteiger partial charge in [0.1, 0.15) is 12.4 Å². The highest BCUT2D eigenvalue weighted by Gasteiger charge is 2.02. The van der Waals surface area contributed by atoms with Crippen LogP contribution in [-0.2, 0) is 0 Å². The molecule has 0 saturated carbocycles. The van der Waals surface area contributed by atoms with Crippen LogP contribution in [-0.4, -0.2) is 19.4 Å². The normalized spacial score (nSPS) is 9.00. The molecule has 0 saturated heterocycles. The molecule has 78 valence electrons. The first kappa shape index (κ1) is 13.4. The number of aldehydes is 1. The van der Waals surface area contributed by atoms with E-state index in [1.807, 2.05) is 6.07 Å². The van der Waals surface area contributed by atoms with E-state index in [2.05, 4.69) is 15.9 Å². The fourth-order valence-electron chi connectivity index (χ4n) is 0.912. The van der Waals surface area contributed by atoms with Crippen LogP contribution in [0.5, 0.6) is 5.75 Å². The van der Waals surface area contributed by atoms with E-state index in [0.717, 1.165) is 10.8 Å². The molecule has 14 heavy (non-hydrogen) atoms. The molecular weight excluding hydrogens is 269 g/mol. The molecule has 0 bridgehead atoms. The van der Waals surface area contributed by atoms with Gasteiger partial charge in [0.15, 0.2) is 6.29 Å². The number of nitrogens with two attached hydrogens (primary N) is 1. The van der Waals surface area contributed by atoms with Crippen LogP contribution in [0.1, 0.15) is 10.4 Å². The van der Waals surface area contributed by atoms with E-state index >= 15 is 0 Å².